The Morgan fingerprint density at radius 3 is 2.24 bits per heavy atom. The van der Waals surface area contributed by atoms with E-state index < -0.39 is 27.9 Å². The molecular weight excluding hydrogens is 246 g/mol. The summed E-state index contributed by atoms with van der Waals surface area (Å²) in [7, 11) is -4.46. The van der Waals surface area contributed by atoms with Crippen LogP contribution in [0.25, 0.3) is 0 Å². The van der Waals surface area contributed by atoms with E-state index in [0.29, 0.717) is 5.56 Å². The smallest absolute Gasteiger partial charge is 0.320 e. The van der Waals surface area contributed by atoms with Crippen LogP contribution in [-0.4, -0.2) is 30.1 Å². The first-order chi connectivity index (χ1) is 8.21. The van der Waals surface area contributed by atoms with Crippen molar-refractivity contribution in [1.29, 1.82) is 0 Å². The fourth-order valence-electron chi connectivity index (χ4n) is 1.25. The van der Waals surface area contributed by atoms with Gasteiger partial charge in [-0.2, -0.15) is 8.42 Å². The van der Waals surface area contributed by atoms with Crippen LogP contribution in [0.2, 0.25) is 0 Å². The summed E-state index contributed by atoms with van der Waals surface area (Å²) in [6.45, 7) is 0. The Morgan fingerprint density at radius 1 is 1.35 bits per heavy atom. The molecule has 0 aliphatic heterocycles. The van der Waals surface area contributed by atoms with E-state index in [0.717, 1.165) is 0 Å². The Morgan fingerprint density at radius 2 is 1.82 bits per heavy atom. The van der Waals surface area contributed by atoms with Crippen LogP contribution in [0.3, 0.4) is 0 Å². The van der Waals surface area contributed by atoms with E-state index in [1.807, 2.05) is 0 Å². The molecule has 1 aromatic carbocycles. The average molecular weight is 260 g/mol. The van der Waals surface area contributed by atoms with Gasteiger partial charge in [-0.15, -0.1) is 0 Å². The maximum absolute atomic E-state index is 10.8. The SMILES string of the molecule is [2H]C(c1ccc(C[C@H](N)C(=O)O)cc1)S(=O)(=O)O. The first kappa shape index (κ1) is 12.0. The molecule has 0 aromatic heterocycles. The summed E-state index contributed by atoms with van der Waals surface area (Å²) >= 11 is 0. The molecule has 0 bridgehead atoms. The largest absolute Gasteiger partial charge is 0.480 e. The van der Waals surface area contributed by atoms with Crippen LogP contribution < -0.4 is 5.73 Å². The van der Waals surface area contributed by atoms with E-state index in [4.69, 9.17) is 16.8 Å². The summed E-state index contributed by atoms with van der Waals surface area (Å²) < 4.78 is 37.5. The van der Waals surface area contributed by atoms with Crippen molar-refractivity contribution < 1.29 is 24.2 Å². The molecule has 0 saturated carbocycles. The van der Waals surface area contributed by atoms with Gasteiger partial charge in [0.25, 0.3) is 10.1 Å². The van der Waals surface area contributed by atoms with Gasteiger partial charge >= 0.3 is 5.97 Å². The van der Waals surface area contributed by atoms with Crippen molar-refractivity contribution in [1.82, 2.24) is 0 Å². The van der Waals surface area contributed by atoms with Crippen molar-refractivity contribution in [3.05, 3.63) is 35.4 Å². The van der Waals surface area contributed by atoms with Crippen LogP contribution in [0.5, 0.6) is 0 Å². The van der Waals surface area contributed by atoms with Gasteiger partial charge in [-0.1, -0.05) is 24.3 Å². The second-order valence-electron chi connectivity index (χ2n) is 3.52. The summed E-state index contributed by atoms with van der Waals surface area (Å²) in [5, 5.41) is 8.63. The zero-order valence-electron chi connectivity index (χ0n) is 9.78. The second-order valence-corrected chi connectivity index (χ2v) is 4.79. The lowest BCUT2D eigenvalue weighted by Gasteiger charge is -2.06. The van der Waals surface area contributed by atoms with Gasteiger partial charge in [0.2, 0.25) is 0 Å². The van der Waals surface area contributed by atoms with Crippen LogP contribution in [0.1, 0.15) is 12.5 Å². The van der Waals surface area contributed by atoms with Gasteiger partial charge in [-0.25, -0.2) is 0 Å². The van der Waals surface area contributed by atoms with Crippen molar-refractivity contribution >= 4 is 16.1 Å². The maximum Gasteiger partial charge on any atom is 0.320 e. The lowest BCUT2D eigenvalue weighted by atomic mass is 10.1. The Kier molecular flexibility index (Phi) is 3.72. The molecule has 94 valence electrons. The Labute approximate surface area is 100 Å². The molecule has 0 spiro atoms. The average Bonchev–Trinajstić information content (AvgIpc) is 2.27. The molecular formula is C10H13NO5S. The maximum atomic E-state index is 10.8. The molecule has 1 unspecified atom stereocenters. The molecule has 0 aliphatic carbocycles. The predicted molar refractivity (Wildman–Crippen MR) is 61.0 cm³/mol. The molecule has 0 radical (unpaired) electrons. The van der Waals surface area contributed by atoms with Crippen molar-refractivity contribution in [2.45, 2.75) is 18.2 Å². The fraction of sp³-hybridized carbons (Fsp3) is 0.300. The topological polar surface area (TPSA) is 118 Å². The van der Waals surface area contributed by atoms with Gasteiger partial charge in [0, 0.05) is 0 Å². The standard InChI is InChI=1S/C10H13NO5S/c11-9(10(12)13)5-7-1-3-8(4-2-7)6-17(14,15)16/h1-4,9H,5-6,11H2,(H,12,13)(H,14,15,16)/t9-/m0/s1/i6D/t6?,9-. The molecule has 2 atom stereocenters. The van der Waals surface area contributed by atoms with E-state index in [9.17, 15) is 13.2 Å². The molecule has 0 aliphatic rings. The van der Waals surface area contributed by atoms with Crippen LogP contribution in [0.15, 0.2) is 24.3 Å². The van der Waals surface area contributed by atoms with Crippen LogP contribution in [0, 0.1) is 0 Å². The van der Waals surface area contributed by atoms with Crippen molar-refractivity contribution in [2.75, 3.05) is 0 Å². The first-order valence-electron chi connectivity index (χ1n) is 5.25. The quantitative estimate of drug-likeness (QED) is 0.643. The molecule has 6 nitrogen and oxygen atoms in total. The Hall–Kier alpha value is -1.44. The molecule has 0 fully saturated rings. The van der Waals surface area contributed by atoms with E-state index in [2.05, 4.69) is 0 Å². The van der Waals surface area contributed by atoms with Gasteiger partial charge in [-0.3, -0.25) is 9.35 Å². The zero-order valence-corrected chi connectivity index (χ0v) is 9.59. The third-order valence-electron chi connectivity index (χ3n) is 2.04. The molecule has 17 heavy (non-hydrogen) atoms. The number of carbonyl (C=O) groups is 1. The van der Waals surface area contributed by atoms with E-state index in [1.54, 1.807) is 0 Å². The molecule has 4 N–H and O–H groups in total. The van der Waals surface area contributed by atoms with Gasteiger partial charge in [0.15, 0.2) is 0 Å². The van der Waals surface area contributed by atoms with Gasteiger partial charge in [0.05, 0.1) is 1.37 Å². The molecule has 7 heteroatoms. The van der Waals surface area contributed by atoms with Crippen molar-refractivity contribution in [2.24, 2.45) is 5.73 Å². The summed E-state index contributed by atoms with van der Waals surface area (Å²) in [6, 6.07) is 4.60. The number of aliphatic carboxylic acids is 1. The van der Waals surface area contributed by atoms with Crippen LogP contribution in [-0.2, 0) is 27.1 Å². The minimum atomic E-state index is -4.46. The molecule has 1 aromatic rings. The molecule has 0 heterocycles. The summed E-state index contributed by atoms with van der Waals surface area (Å²) in [5.41, 5.74) is 4.29. The minimum Gasteiger partial charge on any atom is -0.480 e. The number of carboxylic acids is 1. The van der Waals surface area contributed by atoms with Crippen LogP contribution in [0.4, 0.5) is 0 Å². The van der Waals surface area contributed by atoms with E-state index in [-0.39, 0.29) is 12.0 Å². The Bertz CT molecular complexity index is 528. The van der Waals surface area contributed by atoms with E-state index in [1.165, 1.54) is 24.3 Å². The number of benzene rings is 1. The summed E-state index contributed by atoms with van der Waals surface area (Å²) in [6.07, 6.45) is 0.101. The van der Waals surface area contributed by atoms with Gasteiger partial charge in [-0.05, 0) is 17.5 Å². The third kappa shape index (κ3) is 4.94. The lowest BCUT2D eigenvalue weighted by Crippen LogP contribution is -2.32. The number of nitrogens with two attached hydrogens (primary N) is 1. The van der Waals surface area contributed by atoms with Crippen LogP contribution >= 0.6 is 0 Å². The number of hydrogen-bond acceptors (Lipinski definition) is 4. The van der Waals surface area contributed by atoms with Gasteiger partial charge < -0.3 is 10.8 Å². The normalized spacial score (nSPS) is 16.0. The lowest BCUT2D eigenvalue weighted by molar-refractivity contribution is -0.138. The first-order valence-corrected chi connectivity index (χ1v) is 6.18. The summed E-state index contributed by atoms with van der Waals surface area (Å²) in [5.74, 6) is -1.13. The second kappa shape index (κ2) is 5.26. The van der Waals surface area contributed by atoms with Gasteiger partial charge in [0.1, 0.15) is 11.8 Å². The predicted octanol–water partition coefficient (Wildman–Crippen LogP) is 0.0288. The highest BCUT2D eigenvalue weighted by molar-refractivity contribution is 7.85. The molecule has 0 saturated heterocycles. The fourth-order valence-corrected chi connectivity index (χ4v) is 1.75. The zero-order chi connectivity index (χ0) is 13.9. The van der Waals surface area contributed by atoms with Crippen molar-refractivity contribution in [3.8, 4) is 0 Å². The summed E-state index contributed by atoms with van der Waals surface area (Å²) in [4.78, 5) is 10.5. The van der Waals surface area contributed by atoms with E-state index >= 15 is 0 Å². The monoisotopic (exact) mass is 260 g/mol. The molecule has 1 rings (SSSR count). The molecule has 0 amide bonds. The third-order valence-corrected chi connectivity index (χ3v) is 2.61. The number of rotatable bonds is 5. The Balaban J connectivity index is 2.84. The highest BCUT2D eigenvalue weighted by Gasteiger charge is 2.12. The van der Waals surface area contributed by atoms with Crippen molar-refractivity contribution in [3.63, 3.8) is 0 Å². The highest BCUT2D eigenvalue weighted by Crippen LogP contribution is 2.09. The number of hydrogen-bond donors (Lipinski definition) is 3. The highest BCUT2D eigenvalue weighted by atomic mass is 32.2. The minimum absolute atomic E-state index is 0.101. The number of carboxylic acid groups (broad SMARTS) is 1.